The predicted octanol–water partition coefficient (Wildman–Crippen LogP) is 4.86. The minimum absolute atomic E-state index is 0.236. The zero-order valence-electron chi connectivity index (χ0n) is 10.6. The largest absolute Gasteiger partial charge is 0.508 e. The van der Waals surface area contributed by atoms with Gasteiger partial charge in [0.25, 0.3) is 0 Å². The van der Waals surface area contributed by atoms with E-state index in [4.69, 9.17) is 4.42 Å². The van der Waals surface area contributed by atoms with Crippen molar-refractivity contribution in [2.75, 3.05) is 0 Å². The number of fused-ring (bicyclic) bond motifs is 4. The van der Waals surface area contributed by atoms with Gasteiger partial charge in [0, 0.05) is 15.2 Å². The van der Waals surface area contributed by atoms with E-state index in [2.05, 4.69) is 20.9 Å². The van der Waals surface area contributed by atoms with Gasteiger partial charge in [0.2, 0.25) is 5.89 Å². The van der Waals surface area contributed by atoms with Crippen LogP contribution in [0.25, 0.3) is 33.3 Å². The number of aromatic hydroxyl groups is 1. The van der Waals surface area contributed by atoms with E-state index in [0.29, 0.717) is 5.89 Å². The van der Waals surface area contributed by atoms with Crippen LogP contribution in [-0.4, -0.2) is 10.1 Å². The smallest absolute Gasteiger partial charge is 0.228 e. The Bertz CT molecular complexity index is 942. The Balaban J connectivity index is 2.25. The van der Waals surface area contributed by atoms with Gasteiger partial charge in [-0.2, -0.15) is 0 Å². The van der Waals surface area contributed by atoms with Crippen LogP contribution in [0.3, 0.4) is 0 Å². The summed E-state index contributed by atoms with van der Waals surface area (Å²) in [5.41, 5.74) is 3.71. The Hall–Kier alpha value is -2.07. The summed E-state index contributed by atoms with van der Waals surface area (Å²) in [4.78, 5) is 4.54. The molecule has 20 heavy (non-hydrogen) atoms. The molecule has 0 aliphatic carbocycles. The van der Waals surface area contributed by atoms with E-state index in [0.717, 1.165) is 37.5 Å². The van der Waals surface area contributed by atoms with E-state index in [1.807, 2.05) is 25.1 Å². The van der Waals surface area contributed by atoms with Gasteiger partial charge in [0.1, 0.15) is 11.3 Å². The van der Waals surface area contributed by atoms with Crippen LogP contribution in [0.4, 0.5) is 0 Å². The SMILES string of the molecule is Cc1c2c3cc(Br)ccc3nc-2oc2ccc(O)cc12. The molecule has 4 heteroatoms. The molecule has 4 rings (SSSR count). The van der Waals surface area contributed by atoms with Crippen molar-refractivity contribution in [3.63, 3.8) is 0 Å². The van der Waals surface area contributed by atoms with Crippen molar-refractivity contribution in [2.24, 2.45) is 0 Å². The van der Waals surface area contributed by atoms with Crippen LogP contribution in [0.2, 0.25) is 0 Å². The molecule has 0 bridgehead atoms. The van der Waals surface area contributed by atoms with Gasteiger partial charge in [-0.25, -0.2) is 4.98 Å². The number of hydrogen-bond donors (Lipinski definition) is 1. The van der Waals surface area contributed by atoms with E-state index < -0.39 is 0 Å². The molecule has 0 amide bonds. The normalized spacial score (nSPS) is 11.7. The van der Waals surface area contributed by atoms with Gasteiger partial charge in [-0.05, 0) is 48.9 Å². The summed E-state index contributed by atoms with van der Waals surface area (Å²) in [5, 5.41) is 11.6. The second-order valence-corrected chi connectivity index (χ2v) is 5.78. The van der Waals surface area contributed by atoms with Crippen LogP contribution in [0.15, 0.2) is 45.3 Å². The highest BCUT2D eigenvalue weighted by molar-refractivity contribution is 9.10. The third-order valence-corrected chi connectivity index (χ3v) is 4.11. The van der Waals surface area contributed by atoms with E-state index in [1.54, 1.807) is 18.2 Å². The van der Waals surface area contributed by atoms with Crippen LogP contribution >= 0.6 is 15.9 Å². The number of hydrogen-bond acceptors (Lipinski definition) is 3. The maximum absolute atomic E-state index is 9.67. The van der Waals surface area contributed by atoms with Gasteiger partial charge in [0.05, 0.1) is 11.1 Å². The highest BCUT2D eigenvalue weighted by Gasteiger charge is 2.19. The van der Waals surface area contributed by atoms with Crippen molar-refractivity contribution < 1.29 is 9.52 Å². The number of phenolic OH excluding ortho intramolecular Hbond substituents is 1. The number of phenols is 1. The molecule has 0 atom stereocenters. The first-order chi connectivity index (χ1) is 9.63. The van der Waals surface area contributed by atoms with Crippen LogP contribution in [0.5, 0.6) is 5.75 Å². The molecule has 0 spiro atoms. The first-order valence-corrected chi connectivity index (χ1v) is 7.04. The zero-order chi connectivity index (χ0) is 13.9. The van der Waals surface area contributed by atoms with Gasteiger partial charge in [-0.1, -0.05) is 15.9 Å². The molecular weight excluding hydrogens is 318 g/mol. The minimum Gasteiger partial charge on any atom is -0.508 e. The van der Waals surface area contributed by atoms with Crippen molar-refractivity contribution >= 4 is 37.8 Å². The van der Waals surface area contributed by atoms with Crippen molar-refractivity contribution in [2.45, 2.75) is 6.92 Å². The molecule has 2 aliphatic heterocycles. The summed E-state index contributed by atoms with van der Waals surface area (Å²) in [6, 6.07) is 11.1. The minimum atomic E-state index is 0.236. The molecule has 98 valence electrons. The number of halogens is 1. The summed E-state index contributed by atoms with van der Waals surface area (Å²) in [7, 11) is 0. The third-order valence-electron chi connectivity index (χ3n) is 3.61. The average Bonchev–Trinajstić information content (AvgIpc) is 2.77. The molecule has 2 aromatic carbocycles. The standard InChI is InChI=1S/C16H10BrNO2/c1-8-11-7-10(19)3-5-14(11)20-16-15(8)12-6-9(17)2-4-13(12)18-16/h2-7,19H,1H3. The lowest BCUT2D eigenvalue weighted by molar-refractivity contribution is 0.475. The third kappa shape index (κ3) is 1.55. The van der Waals surface area contributed by atoms with Crippen molar-refractivity contribution in [3.8, 4) is 17.2 Å². The lowest BCUT2D eigenvalue weighted by atomic mass is 10.0. The van der Waals surface area contributed by atoms with Gasteiger partial charge >= 0.3 is 0 Å². The summed E-state index contributed by atoms with van der Waals surface area (Å²) in [6.45, 7) is 2.03. The van der Waals surface area contributed by atoms with Gasteiger partial charge in [-0.15, -0.1) is 0 Å². The van der Waals surface area contributed by atoms with Gasteiger partial charge in [-0.3, -0.25) is 0 Å². The number of rotatable bonds is 0. The fourth-order valence-corrected chi connectivity index (χ4v) is 3.02. The van der Waals surface area contributed by atoms with Gasteiger partial charge in [0.15, 0.2) is 0 Å². The summed E-state index contributed by atoms with van der Waals surface area (Å²) in [5.74, 6) is 0.869. The molecule has 0 fully saturated rings. The summed E-state index contributed by atoms with van der Waals surface area (Å²) in [6.07, 6.45) is 0. The lowest BCUT2D eigenvalue weighted by Crippen LogP contribution is -1.86. The number of benzene rings is 2. The molecule has 3 nitrogen and oxygen atoms in total. The van der Waals surface area contributed by atoms with Crippen LogP contribution in [0.1, 0.15) is 5.56 Å². The maximum Gasteiger partial charge on any atom is 0.228 e. The molecule has 2 heterocycles. The predicted molar refractivity (Wildman–Crippen MR) is 82.2 cm³/mol. The Kier molecular flexibility index (Phi) is 2.32. The molecular formula is C16H10BrNO2. The van der Waals surface area contributed by atoms with Crippen molar-refractivity contribution in [1.82, 2.24) is 4.98 Å². The average molecular weight is 328 g/mol. The lowest BCUT2D eigenvalue weighted by Gasteiger charge is -2.08. The Morgan fingerprint density at radius 1 is 1.10 bits per heavy atom. The highest BCUT2D eigenvalue weighted by atomic mass is 79.9. The topological polar surface area (TPSA) is 46.3 Å². The number of aromatic nitrogens is 1. The van der Waals surface area contributed by atoms with Gasteiger partial charge < -0.3 is 9.52 Å². The Morgan fingerprint density at radius 3 is 2.80 bits per heavy atom. The summed E-state index contributed by atoms with van der Waals surface area (Å²) < 4.78 is 6.88. The first kappa shape index (κ1) is 11.7. The molecule has 1 N–H and O–H groups in total. The fourth-order valence-electron chi connectivity index (χ4n) is 2.66. The number of nitrogens with zero attached hydrogens (tertiary/aromatic N) is 1. The van der Waals surface area contributed by atoms with Crippen LogP contribution in [-0.2, 0) is 0 Å². The molecule has 2 aromatic rings. The zero-order valence-corrected chi connectivity index (χ0v) is 12.2. The second kappa shape index (κ2) is 3.96. The fraction of sp³-hybridized carbons (Fsp3) is 0.0625. The molecule has 0 saturated carbocycles. The monoisotopic (exact) mass is 327 g/mol. The van der Waals surface area contributed by atoms with Crippen LogP contribution < -0.4 is 0 Å². The van der Waals surface area contributed by atoms with Crippen molar-refractivity contribution in [3.05, 3.63) is 46.4 Å². The summed E-state index contributed by atoms with van der Waals surface area (Å²) >= 11 is 3.49. The Morgan fingerprint density at radius 2 is 1.95 bits per heavy atom. The Labute approximate surface area is 123 Å². The second-order valence-electron chi connectivity index (χ2n) is 4.86. The molecule has 0 aromatic heterocycles. The molecule has 0 radical (unpaired) electrons. The van der Waals surface area contributed by atoms with E-state index >= 15 is 0 Å². The molecule has 0 saturated heterocycles. The highest BCUT2D eigenvalue weighted by Crippen LogP contribution is 2.39. The van der Waals surface area contributed by atoms with E-state index in [-0.39, 0.29) is 5.75 Å². The molecule has 0 unspecified atom stereocenters. The van der Waals surface area contributed by atoms with E-state index in [9.17, 15) is 5.11 Å². The molecule has 2 aliphatic rings. The number of aryl methyl sites for hydroxylation is 1. The first-order valence-electron chi connectivity index (χ1n) is 6.24. The van der Waals surface area contributed by atoms with E-state index in [1.165, 1.54) is 0 Å². The van der Waals surface area contributed by atoms with Crippen LogP contribution in [0, 0.1) is 6.92 Å². The maximum atomic E-state index is 9.67. The van der Waals surface area contributed by atoms with Crippen molar-refractivity contribution in [1.29, 1.82) is 0 Å². The quantitative estimate of drug-likeness (QED) is 0.501.